The van der Waals surface area contributed by atoms with Crippen LogP contribution in [0.1, 0.15) is 5.56 Å². The zero-order chi connectivity index (χ0) is 10.6. The normalized spacial score (nSPS) is 12.1. The number of hydrogen-bond donors (Lipinski definition) is 2. The van der Waals surface area contributed by atoms with Gasteiger partial charge in [0.15, 0.2) is 0 Å². The number of nitrogens with zero attached hydrogens (tertiary/aromatic N) is 2. The van der Waals surface area contributed by atoms with Crippen LogP contribution in [0.3, 0.4) is 0 Å². The van der Waals surface area contributed by atoms with Crippen molar-refractivity contribution in [2.45, 2.75) is 12.5 Å². The molecule has 0 aliphatic heterocycles. The van der Waals surface area contributed by atoms with Gasteiger partial charge in [0.05, 0.1) is 7.11 Å². The van der Waals surface area contributed by atoms with Crippen molar-refractivity contribution in [3.8, 4) is 6.01 Å². The van der Waals surface area contributed by atoms with Crippen molar-refractivity contribution in [2.75, 3.05) is 7.11 Å². The summed E-state index contributed by atoms with van der Waals surface area (Å²) in [5.41, 5.74) is 6.00. The Morgan fingerprint density at radius 2 is 2.21 bits per heavy atom. The SMILES string of the molecule is COc1ncc(C[C@H](N)C(=O)O)cn1. The van der Waals surface area contributed by atoms with Gasteiger partial charge in [-0.3, -0.25) is 4.79 Å². The summed E-state index contributed by atoms with van der Waals surface area (Å²) < 4.78 is 4.75. The molecule has 6 heteroatoms. The highest BCUT2D eigenvalue weighted by atomic mass is 16.5. The fraction of sp³-hybridized carbons (Fsp3) is 0.375. The van der Waals surface area contributed by atoms with E-state index in [2.05, 4.69) is 9.97 Å². The molecule has 0 aliphatic rings. The lowest BCUT2D eigenvalue weighted by Crippen LogP contribution is -2.32. The molecular weight excluding hydrogens is 186 g/mol. The highest BCUT2D eigenvalue weighted by Gasteiger charge is 2.12. The molecule has 0 saturated heterocycles. The number of carbonyl (C=O) groups is 1. The van der Waals surface area contributed by atoms with Crippen molar-refractivity contribution >= 4 is 5.97 Å². The first-order valence-electron chi connectivity index (χ1n) is 3.96. The van der Waals surface area contributed by atoms with E-state index < -0.39 is 12.0 Å². The summed E-state index contributed by atoms with van der Waals surface area (Å²) in [6.45, 7) is 0. The summed E-state index contributed by atoms with van der Waals surface area (Å²) in [5.74, 6) is -1.04. The Labute approximate surface area is 80.7 Å². The largest absolute Gasteiger partial charge is 0.480 e. The Bertz CT molecular complexity index is 312. The first-order chi connectivity index (χ1) is 6.63. The van der Waals surface area contributed by atoms with Gasteiger partial charge in [0.1, 0.15) is 6.04 Å². The van der Waals surface area contributed by atoms with Crippen LogP contribution < -0.4 is 10.5 Å². The van der Waals surface area contributed by atoms with Crippen molar-refractivity contribution < 1.29 is 14.6 Å². The standard InChI is InChI=1S/C8H11N3O3/c1-14-8-10-3-5(4-11-8)2-6(9)7(12)13/h3-4,6H,2,9H2,1H3,(H,12,13)/t6-/m0/s1. The summed E-state index contributed by atoms with van der Waals surface area (Å²) in [4.78, 5) is 18.1. The van der Waals surface area contributed by atoms with Crippen LogP contribution in [-0.4, -0.2) is 34.2 Å². The highest BCUT2D eigenvalue weighted by molar-refractivity contribution is 5.73. The first-order valence-corrected chi connectivity index (χ1v) is 3.96. The van der Waals surface area contributed by atoms with Crippen LogP contribution in [0, 0.1) is 0 Å². The Kier molecular flexibility index (Phi) is 3.35. The van der Waals surface area contributed by atoms with Crippen molar-refractivity contribution in [3.05, 3.63) is 18.0 Å². The van der Waals surface area contributed by atoms with Crippen LogP contribution in [0.2, 0.25) is 0 Å². The van der Waals surface area contributed by atoms with Gasteiger partial charge in [-0.05, 0) is 5.56 Å². The summed E-state index contributed by atoms with van der Waals surface area (Å²) in [7, 11) is 1.46. The number of carboxylic acids is 1. The number of ether oxygens (including phenoxy) is 1. The molecule has 0 bridgehead atoms. The van der Waals surface area contributed by atoms with E-state index in [1.165, 1.54) is 19.5 Å². The molecule has 0 saturated carbocycles. The first kappa shape index (κ1) is 10.4. The lowest BCUT2D eigenvalue weighted by atomic mass is 10.1. The lowest BCUT2D eigenvalue weighted by molar-refractivity contribution is -0.138. The Morgan fingerprint density at radius 3 is 2.64 bits per heavy atom. The zero-order valence-electron chi connectivity index (χ0n) is 7.67. The molecule has 1 aromatic heterocycles. The fourth-order valence-electron chi connectivity index (χ4n) is 0.895. The van der Waals surface area contributed by atoms with Gasteiger partial charge in [0.2, 0.25) is 0 Å². The van der Waals surface area contributed by atoms with Crippen LogP contribution in [0.15, 0.2) is 12.4 Å². The Balaban J connectivity index is 2.64. The average molecular weight is 197 g/mol. The van der Waals surface area contributed by atoms with E-state index >= 15 is 0 Å². The number of aliphatic carboxylic acids is 1. The number of aromatic nitrogens is 2. The fourth-order valence-corrected chi connectivity index (χ4v) is 0.895. The van der Waals surface area contributed by atoms with Crippen LogP contribution in [0.4, 0.5) is 0 Å². The van der Waals surface area contributed by atoms with Gasteiger partial charge < -0.3 is 15.6 Å². The van der Waals surface area contributed by atoms with Gasteiger partial charge in [-0.2, -0.15) is 0 Å². The monoisotopic (exact) mass is 197 g/mol. The molecule has 1 atom stereocenters. The smallest absolute Gasteiger partial charge is 0.320 e. The predicted octanol–water partition coefficient (Wildman–Crippen LogP) is -0.560. The molecule has 76 valence electrons. The molecule has 1 aromatic rings. The summed E-state index contributed by atoms with van der Waals surface area (Å²) >= 11 is 0. The maximum atomic E-state index is 10.4. The van der Waals surface area contributed by atoms with Gasteiger partial charge >= 0.3 is 12.0 Å². The van der Waals surface area contributed by atoms with Crippen molar-refractivity contribution in [1.82, 2.24) is 9.97 Å². The predicted molar refractivity (Wildman–Crippen MR) is 47.9 cm³/mol. The molecule has 0 aliphatic carbocycles. The molecule has 3 N–H and O–H groups in total. The molecule has 14 heavy (non-hydrogen) atoms. The lowest BCUT2D eigenvalue weighted by Gasteiger charge is -2.05. The maximum absolute atomic E-state index is 10.4. The molecule has 1 rings (SSSR count). The van der Waals surface area contributed by atoms with Crippen molar-refractivity contribution in [1.29, 1.82) is 0 Å². The van der Waals surface area contributed by atoms with Crippen LogP contribution >= 0.6 is 0 Å². The second-order valence-corrected chi connectivity index (χ2v) is 2.73. The molecule has 0 unspecified atom stereocenters. The second kappa shape index (κ2) is 4.52. The van der Waals surface area contributed by atoms with Crippen LogP contribution in [0.5, 0.6) is 6.01 Å². The van der Waals surface area contributed by atoms with Gasteiger partial charge in [-0.15, -0.1) is 0 Å². The van der Waals surface area contributed by atoms with Gasteiger partial charge in [0.25, 0.3) is 0 Å². The summed E-state index contributed by atoms with van der Waals surface area (Å²) in [6, 6.07) is -0.676. The number of hydrogen-bond acceptors (Lipinski definition) is 5. The molecule has 0 aromatic carbocycles. The molecular formula is C8H11N3O3. The van der Waals surface area contributed by atoms with Gasteiger partial charge in [-0.1, -0.05) is 0 Å². The topological polar surface area (TPSA) is 98.3 Å². The van der Waals surface area contributed by atoms with E-state index in [9.17, 15) is 4.79 Å². The molecule has 0 fully saturated rings. The van der Waals surface area contributed by atoms with E-state index in [-0.39, 0.29) is 12.4 Å². The number of methoxy groups -OCH3 is 1. The second-order valence-electron chi connectivity index (χ2n) is 2.73. The molecule has 0 spiro atoms. The van der Waals surface area contributed by atoms with Gasteiger partial charge in [-0.25, -0.2) is 9.97 Å². The summed E-state index contributed by atoms with van der Waals surface area (Å²) in [6.07, 6.45) is 3.20. The third-order valence-electron chi connectivity index (χ3n) is 1.64. The van der Waals surface area contributed by atoms with E-state index in [0.717, 1.165) is 0 Å². The van der Waals surface area contributed by atoms with Gasteiger partial charge in [0, 0.05) is 18.8 Å². The average Bonchev–Trinajstić information content (AvgIpc) is 2.19. The van der Waals surface area contributed by atoms with E-state index in [4.69, 9.17) is 15.6 Å². The number of nitrogens with two attached hydrogens (primary N) is 1. The Morgan fingerprint density at radius 1 is 1.64 bits per heavy atom. The number of carboxylic acid groups (broad SMARTS) is 1. The molecule has 0 amide bonds. The minimum Gasteiger partial charge on any atom is -0.480 e. The van der Waals surface area contributed by atoms with E-state index in [1.54, 1.807) is 0 Å². The Hall–Kier alpha value is -1.69. The highest BCUT2D eigenvalue weighted by Crippen LogP contribution is 2.03. The summed E-state index contributed by atoms with van der Waals surface area (Å²) in [5, 5.41) is 8.55. The number of rotatable bonds is 4. The third kappa shape index (κ3) is 2.67. The van der Waals surface area contributed by atoms with Crippen LogP contribution in [0.25, 0.3) is 0 Å². The van der Waals surface area contributed by atoms with Crippen LogP contribution in [-0.2, 0) is 11.2 Å². The minimum absolute atomic E-state index is 0.208. The molecule has 1 heterocycles. The maximum Gasteiger partial charge on any atom is 0.320 e. The third-order valence-corrected chi connectivity index (χ3v) is 1.64. The minimum atomic E-state index is -1.04. The molecule has 6 nitrogen and oxygen atoms in total. The quantitative estimate of drug-likeness (QED) is 0.671. The molecule has 0 radical (unpaired) electrons. The van der Waals surface area contributed by atoms with E-state index in [0.29, 0.717) is 5.56 Å². The van der Waals surface area contributed by atoms with E-state index in [1.807, 2.05) is 0 Å². The zero-order valence-corrected chi connectivity index (χ0v) is 7.67. The van der Waals surface area contributed by atoms with Crippen molar-refractivity contribution in [2.24, 2.45) is 5.73 Å². The van der Waals surface area contributed by atoms with Crippen molar-refractivity contribution in [3.63, 3.8) is 0 Å².